The van der Waals surface area contributed by atoms with E-state index in [1.165, 1.54) is 6.42 Å². The molecule has 0 aromatic carbocycles. The van der Waals surface area contributed by atoms with Gasteiger partial charge in [0.2, 0.25) is 0 Å². The fourth-order valence-corrected chi connectivity index (χ4v) is 10.2. The van der Waals surface area contributed by atoms with E-state index in [1.807, 2.05) is 6.92 Å². The summed E-state index contributed by atoms with van der Waals surface area (Å²) in [4.78, 5) is 0. The lowest BCUT2D eigenvalue weighted by Crippen LogP contribution is -2.63. The lowest BCUT2D eigenvalue weighted by atomic mass is 9.43. The number of hydrogen-bond acceptors (Lipinski definition) is 4. The van der Waals surface area contributed by atoms with Gasteiger partial charge >= 0.3 is 0 Å². The van der Waals surface area contributed by atoms with Gasteiger partial charge in [0.15, 0.2) is 0 Å². The highest BCUT2D eigenvalue weighted by Gasteiger charge is 2.67. The van der Waals surface area contributed by atoms with Crippen LogP contribution in [0.15, 0.2) is 0 Å². The second kappa shape index (κ2) is 8.18. The summed E-state index contributed by atoms with van der Waals surface area (Å²) in [6, 6.07) is 0. The van der Waals surface area contributed by atoms with Gasteiger partial charge in [0.05, 0.1) is 23.9 Å². The van der Waals surface area contributed by atoms with Crippen molar-refractivity contribution in [1.29, 1.82) is 0 Å². The molecular weight excluding hydrogens is 412 g/mol. The van der Waals surface area contributed by atoms with E-state index in [4.69, 9.17) is 0 Å². The van der Waals surface area contributed by atoms with Crippen LogP contribution in [0.4, 0.5) is 0 Å². The molecule has 5 aliphatic rings. The molecule has 33 heavy (non-hydrogen) atoms. The second-order valence-electron chi connectivity index (χ2n) is 14.2. The topological polar surface area (TPSA) is 80.9 Å². The third-order valence-electron chi connectivity index (χ3n) is 12.5. The van der Waals surface area contributed by atoms with Gasteiger partial charge in [0.1, 0.15) is 0 Å². The maximum absolute atomic E-state index is 11.8. The normalized spacial score (nSPS) is 56.3. The third kappa shape index (κ3) is 3.76. The molecule has 5 fully saturated rings. The fourth-order valence-electron chi connectivity index (χ4n) is 10.2. The van der Waals surface area contributed by atoms with Crippen molar-refractivity contribution in [3.05, 3.63) is 0 Å². The van der Waals surface area contributed by atoms with Crippen molar-refractivity contribution in [1.82, 2.24) is 0 Å². The minimum atomic E-state index is -0.773. The summed E-state index contributed by atoms with van der Waals surface area (Å²) in [5, 5.41) is 45.2. The summed E-state index contributed by atoms with van der Waals surface area (Å²) >= 11 is 0. The van der Waals surface area contributed by atoms with Gasteiger partial charge < -0.3 is 20.4 Å². The number of aliphatic hydroxyl groups is 4. The number of hydrogen-bond donors (Lipinski definition) is 4. The molecule has 0 aromatic heterocycles. The summed E-state index contributed by atoms with van der Waals surface area (Å²) in [7, 11) is 0. The van der Waals surface area contributed by atoms with Crippen molar-refractivity contribution in [3.8, 4) is 0 Å². The highest BCUT2D eigenvalue weighted by Crippen LogP contribution is 2.68. The Morgan fingerprint density at radius 2 is 1.67 bits per heavy atom. The van der Waals surface area contributed by atoms with Crippen molar-refractivity contribution < 1.29 is 20.4 Å². The van der Waals surface area contributed by atoms with E-state index in [0.717, 1.165) is 69.6 Å². The molecule has 0 amide bonds. The Labute approximate surface area is 201 Å². The molecule has 0 aromatic rings. The van der Waals surface area contributed by atoms with Crippen molar-refractivity contribution >= 4 is 0 Å². The molecule has 4 nitrogen and oxygen atoms in total. The van der Waals surface area contributed by atoms with Gasteiger partial charge in [-0.15, -0.1) is 0 Å². The average molecular weight is 463 g/mol. The van der Waals surface area contributed by atoms with Gasteiger partial charge in [0, 0.05) is 5.41 Å². The third-order valence-corrected chi connectivity index (χ3v) is 12.5. The van der Waals surface area contributed by atoms with Crippen molar-refractivity contribution in [2.24, 2.45) is 58.2 Å². The Bertz CT molecular complexity index is 737. The maximum atomic E-state index is 11.8. The quantitative estimate of drug-likeness (QED) is 0.474. The largest absolute Gasteiger partial charge is 0.393 e. The standard InChI is InChI=1S/C29H50O4/c1-16(20-12-17(20)2)8-11-28(4,33)24-7-6-21-26-22(15-25(32)29(21,24)5)27(3)10-9-19(30)13-18(27)14-23(26)31/h16-26,30-33H,6-15H2,1-5H3. The van der Waals surface area contributed by atoms with E-state index >= 15 is 0 Å². The summed E-state index contributed by atoms with van der Waals surface area (Å²) in [5.41, 5.74) is -1.01. The van der Waals surface area contributed by atoms with Gasteiger partial charge in [0.25, 0.3) is 0 Å². The Morgan fingerprint density at radius 3 is 2.33 bits per heavy atom. The van der Waals surface area contributed by atoms with E-state index < -0.39 is 11.7 Å². The Balaban J connectivity index is 1.37. The van der Waals surface area contributed by atoms with Crippen LogP contribution in [-0.2, 0) is 0 Å². The lowest BCUT2D eigenvalue weighted by Gasteiger charge is -2.64. The molecule has 14 unspecified atom stereocenters. The van der Waals surface area contributed by atoms with Gasteiger partial charge in [-0.2, -0.15) is 0 Å². The first kappa shape index (κ1) is 24.5. The predicted octanol–water partition coefficient (Wildman–Crippen LogP) is 4.77. The molecular formula is C29H50O4. The average Bonchev–Trinajstić information content (AvgIpc) is 3.36. The highest BCUT2D eigenvalue weighted by molar-refractivity contribution is 5.16. The molecule has 0 spiro atoms. The fraction of sp³-hybridized carbons (Fsp3) is 1.00. The SMILES string of the molecule is CC(CCC(C)(O)C1CCC2C3C(O)CC4CC(O)CCC4(C)C3CC(O)C21C)C1CC1C. The molecule has 14 atom stereocenters. The smallest absolute Gasteiger partial charge is 0.0654 e. The van der Waals surface area contributed by atoms with Crippen LogP contribution in [-0.4, -0.2) is 44.3 Å². The summed E-state index contributed by atoms with van der Waals surface area (Å²) in [6.07, 6.45) is 8.31. The van der Waals surface area contributed by atoms with E-state index in [1.54, 1.807) is 0 Å². The molecule has 4 heteroatoms. The van der Waals surface area contributed by atoms with Crippen molar-refractivity contribution in [2.75, 3.05) is 0 Å². The molecule has 0 radical (unpaired) electrons. The molecule has 190 valence electrons. The molecule has 0 bridgehead atoms. The van der Waals surface area contributed by atoms with Crippen molar-refractivity contribution in [2.45, 2.75) is 123 Å². The first-order valence-corrected chi connectivity index (χ1v) is 14.2. The van der Waals surface area contributed by atoms with Crippen LogP contribution in [0.2, 0.25) is 0 Å². The first-order chi connectivity index (χ1) is 15.4. The first-order valence-electron chi connectivity index (χ1n) is 14.2. The zero-order valence-electron chi connectivity index (χ0n) is 21.7. The zero-order chi connectivity index (χ0) is 23.9. The highest BCUT2D eigenvalue weighted by atomic mass is 16.3. The molecule has 5 rings (SSSR count). The van der Waals surface area contributed by atoms with Crippen LogP contribution in [0.25, 0.3) is 0 Å². The Hall–Kier alpha value is -0.160. The van der Waals surface area contributed by atoms with E-state index in [0.29, 0.717) is 17.8 Å². The van der Waals surface area contributed by atoms with Crippen LogP contribution >= 0.6 is 0 Å². The Kier molecular flexibility index (Phi) is 6.08. The Morgan fingerprint density at radius 1 is 0.970 bits per heavy atom. The van der Waals surface area contributed by atoms with Gasteiger partial charge in [-0.05, 0) is 124 Å². The summed E-state index contributed by atoms with van der Waals surface area (Å²) in [6.45, 7) is 11.3. The van der Waals surface area contributed by atoms with Crippen LogP contribution in [0.3, 0.4) is 0 Å². The molecule has 4 N–H and O–H groups in total. The van der Waals surface area contributed by atoms with Crippen LogP contribution < -0.4 is 0 Å². The summed E-state index contributed by atoms with van der Waals surface area (Å²) < 4.78 is 0. The number of aliphatic hydroxyl groups excluding tert-OH is 3. The van der Waals surface area contributed by atoms with Crippen molar-refractivity contribution in [3.63, 3.8) is 0 Å². The molecule has 0 saturated heterocycles. The molecule has 5 aliphatic carbocycles. The number of fused-ring (bicyclic) bond motifs is 5. The van der Waals surface area contributed by atoms with Gasteiger partial charge in [-0.25, -0.2) is 0 Å². The van der Waals surface area contributed by atoms with E-state index in [9.17, 15) is 20.4 Å². The minimum Gasteiger partial charge on any atom is -0.393 e. The maximum Gasteiger partial charge on any atom is 0.0654 e. The summed E-state index contributed by atoms with van der Waals surface area (Å²) in [5.74, 6) is 3.55. The molecule has 0 heterocycles. The molecule has 5 saturated carbocycles. The van der Waals surface area contributed by atoms with Gasteiger partial charge in [-0.3, -0.25) is 0 Å². The van der Waals surface area contributed by atoms with E-state index in [2.05, 4.69) is 27.7 Å². The van der Waals surface area contributed by atoms with Crippen LogP contribution in [0.1, 0.15) is 98.8 Å². The molecule has 0 aliphatic heterocycles. The minimum absolute atomic E-state index is 0.0840. The lowest BCUT2D eigenvalue weighted by molar-refractivity contribution is -0.217. The van der Waals surface area contributed by atoms with Crippen LogP contribution in [0.5, 0.6) is 0 Å². The zero-order valence-corrected chi connectivity index (χ0v) is 21.7. The second-order valence-corrected chi connectivity index (χ2v) is 14.2. The van der Waals surface area contributed by atoms with E-state index in [-0.39, 0.29) is 40.8 Å². The number of rotatable bonds is 5. The van der Waals surface area contributed by atoms with Gasteiger partial charge in [-0.1, -0.05) is 27.7 Å². The predicted molar refractivity (Wildman–Crippen MR) is 130 cm³/mol. The monoisotopic (exact) mass is 462 g/mol. The van der Waals surface area contributed by atoms with Crippen LogP contribution in [0, 0.1) is 58.2 Å².